The van der Waals surface area contributed by atoms with Crippen LogP contribution in [-0.4, -0.2) is 190 Å². The highest BCUT2D eigenvalue weighted by molar-refractivity contribution is 7.97. The van der Waals surface area contributed by atoms with Crippen molar-refractivity contribution in [1.29, 1.82) is 0 Å². The van der Waals surface area contributed by atoms with Gasteiger partial charge in [0.15, 0.2) is 12.6 Å². The molecule has 1 aromatic carbocycles. The minimum Gasteiger partial charge on any atom is -0.459 e. The highest BCUT2D eigenvalue weighted by Crippen LogP contribution is 2.40. The van der Waals surface area contributed by atoms with Crippen LogP contribution >= 0.6 is 11.8 Å². The Balaban J connectivity index is 1.41. The molecular weight excluding hydrogens is 950 g/mol. The van der Waals surface area contributed by atoms with Crippen LogP contribution in [0.5, 0.6) is 0 Å². The summed E-state index contributed by atoms with van der Waals surface area (Å²) >= 11 is 1.74. The van der Waals surface area contributed by atoms with E-state index in [0.717, 1.165) is 11.3 Å². The summed E-state index contributed by atoms with van der Waals surface area (Å²) < 4.78 is 60.8. The number of cyclic esters (lactones) is 1. The van der Waals surface area contributed by atoms with Gasteiger partial charge in [-0.2, -0.15) is 11.8 Å². The summed E-state index contributed by atoms with van der Waals surface area (Å²) in [4.78, 5) is 18.7. The second-order valence-corrected chi connectivity index (χ2v) is 22.9. The zero-order chi connectivity index (χ0) is 53.5. The molecule has 0 amide bonds. The summed E-state index contributed by atoms with van der Waals surface area (Å²) in [5.41, 5.74) is -1.62. The molecule has 0 radical (unpaired) electrons. The van der Waals surface area contributed by atoms with Gasteiger partial charge in [-0.3, -0.25) is 4.79 Å². The van der Waals surface area contributed by atoms with Crippen LogP contribution in [0, 0.1) is 17.8 Å². The number of aliphatic hydroxyl groups excluding tert-OH is 2. The van der Waals surface area contributed by atoms with Crippen LogP contribution in [0.15, 0.2) is 30.5 Å². The van der Waals surface area contributed by atoms with E-state index >= 15 is 0 Å². The van der Waals surface area contributed by atoms with E-state index in [4.69, 9.17) is 33.2 Å². The Bertz CT molecular complexity index is 1970. The Kier molecular flexibility index (Phi) is 21.9. The van der Waals surface area contributed by atoms with Crippen molar-refractivity contribution < 1.29 is 62.8 Å². The zero-order valence-corrected chi connectivity index (χ0v) is 46.6. The quantitative estimate of drug-likeness (QED) is 0.137. The van der Waals surface area contributed by atoms with Crippen molar-refractivity contribution in [2.24, 2.45) is 17.8 Å². The predicted molar refractivity (Wildman–Crippen MR) is 274 cm³/mol. The lowest BCUT2D eigenvalue weighted by atomic mass is 9.77. The van der Waals surface area contributed by atoms with Crippen LogP contribution in [0.1, 0.15) is 130 Å². The van der Waals surface area contributed by atoms with Crippen LogP contribution < -0.4 is 0 Å². The molecule has 1 aromatic heterocycles. The summed E-state index contributed by atoms with van der Waals surface area (Å²) in [6.07, 6.45) is -2.33. The number of methoxy groups -OCH3 is 2. The molecule has 19 atom stereocenters. The van der Waals surface area contributed by atoms with E-state index in [1.54, 1.807) is 64.4 Å². The zero-order valence-electron chi connectivity index (χ0n) is 45.8. The number of alkyl halides is 1. The van der Waals surface area contributed by atoms with Crippen molar-refractivity contribution in [3.05, 3.63) is 47.3 Å². The number of benzene rings is 1. The summed E-state index contributed by atoms with van der Waals surface area (Å²) in [6, 6.07) is 6.79. The number of hydrogen-bond donors (Lipinski definition) is 4. The number of likely N-dealkylation sites (N-methyl/N-ethyl adjacent to an activating group) is 2. The molecule has 3 aliphatic rings. The standard InChI is InChI=1S/C53H90FN5O12S/c1-16-42-53(10,64)47(60)35(6)58(12)28-31(2)25-51(8,63)49(33(4)45(34(5)50(62)69-42)70-44-26-52(9,66-14)48(61)36(7)68-44)71-43-24-40(23-32(3)67-43)57(11)22-21-39-29-59(56-55-39)41(27-54)46(65-13)38-19-17-37(18-20-38)30-72-15/h17-20,29,31-36,40-49,60-61,63-64H,16,21-28,30H2,1-15H3/t31-,32-,33+,34-,35-,36+,40+,41-,42-,43+,44+,45+,46-,47-,48+,49-,51-,52-,53-/m1/s1. The summed E-state index contributed by atoms with van der Waals surface area (Å²) in [5, 5.41) is 56.3. The van der Waals surface area contributed by atoms with Crippen molar-refractivity contribution in [3.8, 4) is 0 Å². The lowest BCUT2D eigenvalue weighted by Crippen LogP contribution is -2.59. The smallest absolute Gasteiger partial charge is 0.311 e. The van der Waals surface area contributed by atoms with Crippen molar-refractivity contribution in [2.45, 2.75) is 210 Å². The molecule has 0 aliphatic carbocycles. The molecule has 72 heavy (non-hydrogen) atoms. The van der Waals surface area contributed by atoms with E-state index in [1.807, 2.05) is 71.0 Å². The molecule has 19 heteroatoms. The number of carbonyl (C=O) groups is 1. The van der Waals surface area contributed by atoms with Crippen LogP contribution in [0.25, 0.3) is 0 Å². The topological polar surface area (TPSA) is 200 Å². The Morgan fingerprint density at radius 2 is 1.65 bits per heavy atom. The van der Waals surface area contributed by atoms with Gasteiger partial charge in [0.2, 0.25) is 0 Å². The Labute approximate surface area is 433 Å². The molecule has 0 bridgehead atoms. The third-order valence-electron chi connectivity index (χ3n) is 16.0. The van der Waals surface area contributed by atoms with Crippen LogP contribution in [0.3, 0.4) is 0 Å². The third kappa shape index (κ3) is 14.6. The number of ether oxygens (including phenoxy) is 7. The summed E-state index contributed by atoms with van der Waals surface area (Å²) in [6.45, 7) is 18.3. The lowest BCUT2D eigenvalue weighted by molar-refractivity contribution is -0.308. The first-order chi connectivity index (χ1) is 33.8. The highest BCUT2D eigenvalue weighted by atomic mass is 32.2. The number of rotatable bonds is 17. The fourth-order valence-corrected chi connectivity index (χ4v) is 12.0. The molecule has 17 nitrogen and oxygen atoms in total. The maximum Gasteiger partial charge on any atom is 0.311 e. The molecule has 4 N–H and O–H groups in total. The van der Waals surface area contributed by atoms with Gasteiger partial charge in [-0.15, -0.1) is 5.10 Å². The Hall–Kier alpha value is -2.37. The molecule has 5 rings (SSSR count). The summed E-state index contributed by atoms with van der Waals surface area (Å²) in [5.74, 6) is -1.65. The number of carbonyl (C=O) groups excluding carboxylic acids is 1. The first-order valence-electron chi connectivity index (χ1n) is 26.0. The van der Waals surface area contributed by atoms with Gasteiger partial charge >= 0.3 is 5.97 Å². The third-order valence-corrected chi connectivity index (χ3v) is 16.6. The van der Waals surface area contributed by atoms with E-state index in [2.05, 4.69) is 21.5 Å². The van der Waals surface area contributed by atoms with Crippen molar-refractivity contribution in [3.63, 3.8) is 0 Å². The molecule has 2 aromatic rings. The van der Waals surface area contributed by atoms with Crippen molar-refractivity contribution in [1.82, 2.24) is 24.8 Å². The fraction of sp³-hybridized carbons (Fsp3) is 0.830. The number of aliphatic hydroxyl groups is 4. The van der Waals surface area contributed by atoms with E-state index in [-0.39, 0.29) is 37.3 Å². The molecule has 4 heterocycles. The number of halogens is 1. The molecular formula is C53H90FN5O12S. The maximum atomic E-state index is 14.8. The minimum absolute atomic E-state index is 0.00247. The van der Waals surface area contributed by atoms with Gasteiger partial charge in [0.1, 0.15) is 42.7 Å². The van der Waals surface area contributed by atoms with Gasteiger partial charge in [0.05, 0.1) is 47.2 Å². The highest BCUT2D eigenvalue weighted by Gasteiger charge is 2.52. The fourth-order valence-electron chi connectivity index (χ4n) is 11.5. The van der Waals surface area contributed by atoms with Crippen LogP contribution in [0.4, 0.5) is 4.39 Å². The average Bonchev–Trinajstić information content (AvgIpc) is 3.81. The SMILES string of the molecule is CC[C@H]1OC(=O)[C@H](C)[C@@H](O[C@H]2C[C@@](C)(OC)[C@@H](O)[C@H](C)O2)[C@H](C)[C@@H](O[C@H]2C[C@@H](N(C)CCc3cn([C@H](CF)[C@H](OC)c4ccc(CSC)cc4)nn3)C[C@@H](C)O2)[C@](C)(O)C[C@@H](C)CN(C)[C@H](C)[C@@H](O)[C@]1(C)O. The van der Waals surface area contributed by atoms with Gasteiger partial charge < -0.3 is 63.4 Å². The molecule has 3 saturated heterocycles. The molecule has 0 saturated carbocycles. The number of nitrogens with zero attached hydrogens (tertiary/aromatic N) is 5. The van der Waals surface area contributed by atoms with Crippen molar-refractivity contribution in [2.75, 3.05) is 54.3 Å². The number of thioether (sulfide) groups is 1. The Morgan fingerprint density at radius 1 is 0.972 bits per heavy atom. The number of esters is 1. The lowest BCUT2D eigenvalue weighted by Gasteiger charge is -2.48. The molecule has 0 unspecified atom stereocenters. The second-order valence-electron chi connectivity index (χ2n) is 22.1. The minimum atomic E-state index is -1.82. The van der Waals surface area contributed by atoms with Crippen LogP contribution in [0.2, 0.25) is 0 Å². The van der Waals surface area contributed by atoms with Gasteiger partial charge in [-0.25, -0.2) is 9.07 Å². The second kappa shape index (κ2) is 26.1. The first-order valence-corrected chi connectivity index (χ1v) is 27.4. The molecule has 3 fully saturated rings. The van der Waals surface area contributed by atoms with Gasteiger partial charge in [-0.1, -0.05) is 50.3 Å². The van der Waals surface area contributed by atoms with Gasteiger partial charge in [0.25, 0.3) is 0 Å². The monoisotopic (exact) mass is 1040 g/mol. The van der Waals surface area contributed by atoms with Crippen LogP contribution in [-0.2, 0) is 50.1 Å². The predicted octanol–water partition coefficient (Wildman–Crippen LogP) is 5.90. The largest absolute Gasteiger partial charge is 0.459 e. The average molecular weight is 1040 g/mol. The molecule has 0 spiro atoms. The van der Waals surface area contributed by atoms with E-state index in [1.165, 1.54) is 19.6 Å². The van der Waals surface area contributed by atoms with E-state index in [9.17, 15) is 29.6 Å². The maximum absolute atomic E-state index is 14.8. The number of aromatic nitrogens is 3. The summed E-state index contributed by atoms with van der Waals surface area (Å²) in [7, 11) is 7.01. The Morgan fingerprint density at radius 3 is 2.26 bits per heavy atom. The van der Waals surface area contributed by atoms with Crippen molar-refractivity contribution >= 4 is 17.7 Å². The first kappa shape index (κ1) is 60.5. The van der Waals surface area contributed by atoms with E-state index < -0.39 is 109 Å². The van der Waals surface area contributed by atoms with Gasteiger partial charge in [0, 0.05) is 76.5 Å². The normalized spacial score (nSPS) is 39.0. The molecule has 3 aliphatic heterocycles. The number of hydrogen-bond acceptors (Lipinski definition) is 17. The molecule has 412 valence electrons. The van der Waals surface area contributed by atoms with Gasteiger partial charge in [-0.05, 0) is 105 Å². The van der Waals surface area contributed by atoms with E-state index in [0.29, 0.717) is 38.0 Å².